The molecule has 0 aliphatic rings. The van der Waals surface area contributed by atoms with Crippen molar-refractivity contribution in [1.82, 2.24) is 5.16 Å². The van der Waals surface area contributed by atoms with Gasteiger partial charge in [-0.25, -0.2) is 0 Å². The molecule has 0 unspecified atom stereocenters. The summed E-state index contributed by atoms with van der Waals surface area (Å²) in [4.78, 5) is 11.7. The van der Waals surface area contributed by atoms with Crippen LogP contribution in [0.2, 0.25) is 0 Å². The van der Waals surface area contributed by atoms with Crippen LogP contribution >= 0.6 is 0 Å². The molecular formula is C11H11N3O2. The predicted octanol–water partition coefficient (Wildman–Crippen LogP) is 1.31. The number of hydrogen-bond donors (Lipinski definition) is 2. The highest BCUT2D eigenvalue weighted by Crippen LogP contribution is 2.12. The molecule has 0 bridgehead atoms. The first-order valence-electron chi connectivity index (χ1n) is 4.79. The highest BCUT2D eigenvalue weighted by molar-refractivity contribution is 5.94. The second-order valence-electron chi connectivity index (χ2n) is 3.26. The molecular weight excluding hydrogens is 206 g/mol. The zero-order valence-corrected chi connectivity index (χ0v) is 8.46. The first-order chi connectivity index (χ1) is 7.77. The Bertz CT molecular complexity index is 453. The number of rotatable bonds is 3. The van der Waals surface area contributed by atoms with Gasteiger partial charge in [-0.2, -0.15) is 0 Å². The Morgan fingerprint density at radius 3 is 2.69 bits per heavy atom. The normalized spacial score (nSPS) is 12.1. The molecule has 1 heterocycles. The number of aromatic nitrogens is 1. The van der Waals surface area contributed by atoms with E-state index in [-0.39, 0.29) is 5.91 Å². The molecule has 3 N–H and O–H groups in total. The smallest absolute Gasteiger partial charge is 0.247 e. The van der Waals surface area contributed by atoms with E-state index in [1.54, 1.807) is 18.2 Å². The number of carbonyl (C=O) groups is 1. The Kier molecular flexibility index (Phi) is 2.98. The van der Waals surface area contributed by atoms with Crippen LogP contribution in [-0.4, -0.2) is 11.1 Å². The summed E-state index contributed by atoms with van der Waals surface area (Å²) in [6, 6.07) is 9.97. The van der Waals surface area contributed by atoms with Gasteiger partial charge in [-0.05, 0) is 5.56 Å². The molecule has 0 spiro atoms. The van der Waals surface area contributed by atoms with E-state index < -0.39 is 6.04 Å². The van der Waals surface area contributed by atoms with E-state index in [4.69, 9.17) is 5.73 Å². The van der Waals surface area contributed by atoms with Gasteiger partial charge in [-0.3, -0.25) is 4.79 Å². The van der Waals surface area contributed by atoms with Crippen molar-refractivity contribution in [3.05, 3.63) is 48.2 Å². The van der Waals surface area contributed by atoms with Crippen molar-refractivity contribution >= 4 is 11.7 Å². The Morgan fingerprint density at radius 1 is 1.31 bits per heavy atom. The summed E-state index contributed by atoms with van der Waals surface area (Å²) in [6.45, 7) is 0. The number of hydrogen-bond acceptors (Lipinski definition) is 4. The molecule has 0 aliphatic heterocycles. The standard InChI is InChI=1S/C11H11N3O2/c12-10(8-4-2-1-3-5-8)11(15)13-9-6-7-16-14-9/h1-7,10H,12H2,(H,13,14,15)/t10-/m1/s1. The minimum atomic E-state index is -0.710. The zero-order chi connectivity index (χ0) is 11.4. The number of nitrogens with one attached hydrogen (secondary N) is 1. The highest BCUT2D eigenvalue weighted by atomic mass is 16.5. The maximum absolute atomic E-state index is 11.7. The predicted molar refractivity (Wildman–Crippen MR) is 58.5 cm³/mol. The van der Waals surface area contributed by atoms with Crippen molar-refractivity contribution in [2.75, 3.05) is 5.32 Å². The van der Waals surface area contributed by atoms with Crippen LogP contribution in [0.3, 0.4) is 0 Å². The largest absolute Gasteiger partial charge is 0.363 e. The molecule has 5 heteroatoms. The minimum Gasteiger partial charge on any atom is -0.363 e. The van der Waals surface area contributed by atoms with E-state index in [2.05, 4.69) is 15.0 Å². The molecule has 0 saturated carbocycles. The third-order valence-corrected chi connectivity index (χ3v) is 2.13. The van der Waals surface area contributed by atoms with Crippen LogP contribution in [0.25, 0.3) is 0 Å². The van der Waals surface area contributed by atoms with Gasteiger partial charge in [0.25, 0.3) is 0 Å². The minimum absolute atomic E-state index is 0.319. The summed E-state index contributed by atoms with van der Waals surface area (Å²) < 4.78 is 4.60. The van der Waals surface area contributed by atoms with Gasteiger partial charge in [0.2, 0.25) is 5.91 Å². The quantitative estimate of drug-likeness (QED) is 0.812. The fraction of sp³-hybridized carbons (Fsp3) is 0.0909. The van der Waals surface area contributed by atoms with Crippen LogP contribution in [-0.2, 0) is 4.79 Å². The van der Waals surface area contributed by atoms with Gasteiger partial charge < -0.3 is 15.6 Å². The van der Waals surface area contributed by atoms with E-state index in [1.165, 1.54) is 6.26 Å². The topological polar surface area (TPSA) is 81.2 Å². The van der Waals surface area contributed by atoms with Crippen LogP contribution in [0.5, 0.6) is 0 Å². The van der Waals surface area contributed by atoms with Gasteiger partial charge in [0.15, 0.2) is 5.82 Å². The Balaban J connectivity index is 2.05. The molecule has 82 valence electrons. The number of amides is 1. The summed E-state index contributed by atoms with van der Waals surface area (Å²) in [7, 11) is 0. The SMILES string of the molecule is N[C@@H](C(=O)Nc1ccon1)c1ccccc1. The molecule has 1 atom stereocenters. The summed E-state index contributed by atoms with van der Waals surface area (Å²) in [5.41, 5.74) is 6.54. The molecule has 0 radical (unpaired) electrons. The first kappa shape index (κ1) is 10.4. The van der Waals surface area contributed by atoms with E-state index >= 15 is 0 Å². The lowest BCUT2D eigenvalue weighted by molar-refractivity contribution is -0.117. The number of nitrogens with zero attached hydrogens (tertiary/aromatic N) is 1. The lowest BCUT2D eigenvalue weighted by atomic mass is 10.1. The number of benzene rings is 1. The molecule has 2 rings (SSSR count). The number of nitrogens with two attached hydrogens (primary N) is 1. The van der Waals surface area contributed by atoms with E-state index in [0.717, 1.165) is 5.56 Å². The fourth-order valence-corrected chi connectivity index (χ4v) is 1.29. The average Bonchev–Trinajstić information content (AvgIpc) is 2.82. The average molecular weight is 217 g/mol. The van der Waals surface area contributed by atoms with Crippen molar-refractivity contribution in [3.63, 3.8) is 0 Å². The van der Waals surface area contributed by atoms with Gasteiger partial charge in [0.05, 0.1) is 0 Å². The van der Waals surface area contributed by atoms with Crippen LogP contribution in [0, 0.1) is 0 Å². The second-order valence-corrected chi connectivity index (χ2v) is 3.26. The maximum atomic E-state index is 11.7. The fourth-order valence-electron chi connectivity index (χ4n) is 1.29. The Labute approximate surface area is 92.2 Å². The molecule has 0 aliphatic carbocycles. The van der Waals surface area contributed by atoms with Gasteiger partial charge in [0, 0.05) is 6.07 Å². The summed E-state index contributed by atoms with van der Waals surface area (Å²) in [5, 5.41) is 6.12. The van der Waals surface area contributed by atoms with Gasteiger partial charge >= 0.3 is 0 Å². The number of carbonyl (C=O) groups excluding carboxylic acids is 1. The van der Waals surface area contributed by atoms with Crippen molar-refractivity contribution in [1.29, 1.82) is 0 Å². The molecule has 0 saturated heterocycles. The Hall–Kier alpha value is -2.14. The van der Waals surface area contributed by atoms with Gasteiger partial charge in [0.1, 0.15) is 12.3 Å². The van der Waals surface area contributed by atoms with Crippen molar-refractivity contribution in [2.45, 2.75) is 6.04 Å². The molecule has 5 nitrogen and oxygen atoms in total. The first-order valence-corrected chi connectivity index (χ1v) is 4.79. The summed E-state index contributed by atoms with van der Waals surface area (Å²) in [6.07, 6.45) is 1.38. The molecule has 2 aromatic rings. The van der Waals surface area contributed by atoms with Gasteiger partial charge in [-0.1, -0.05) is 35.5 Å². The third kappa shape index (κ3) is 2.26. The van der Waals surface area contributed by atoms with E-state index in [9.17, 15) is 4.79 Å². The van der Waals surface area contributed by atoms with Crippen molar-refractivity contribution < 1.29 is 9.32 Å². The molecule has 1 amide bonds. The Morgan fingerprint density at radius 2 is 2.06 bits per heavy atom. The zero-order valence-electron chi connectivity index (χ0n) is 8.46. The highest BCUT2D eigenvalue weighted by Gasteiger charge is 2.16. The maximum Gasteiger partial charge on any atom is 0.247 e. The second kappa shape index (κ2) is 4.59. The van der Waals surface area contributed by atoms with Crippen LogP contribution < -0.4 is 11.1 Å². The molecule has 1 aromatic carbocycles. The van der Waals surface area contributed by atoms with Gasteiger partial charge in [-0.15, -0.1) is 0 Å². The van der Waals surface area contributed by atoms with Crippen LogP contribution in [0.15, 0.2) is 47.2 Å². The summed E-state index contributed by atoms with van der Waals surface area (Å²) in [5.74, 6) is 0.0384. The molecule has 16 heavy (non-hydrogen) atoms. The lowest BCUT2D eigenvalue weighted by Crippen LogP contribution is -2.27. The van der Waals surface area contributed by atoms with E-state index in [0.29, 0.717) is 5.82 Å². The number of anilines is 1. The van der Waals surface area contributed by atoms with Crippen LogP contribution in [0.1, 0.15) is 11.6 Å². The lowest BCUT2D eigenvalue weighted by Gasteiger charge is -2.10. The van der Waals surface area contributed by atoms with Crippen molar-refractivity contribution in [3.8, 4) is 0 Å². The van der Waals surface area contributed by atoms with Crippen molar-refractivity contribution in [2.24, 2.45) is 5.73 Å². The van der Waals surface area contributed by atoms with E-state index in [1.807, 2.05) is 18.2 Å². The molecule has 0 fully saturated rings. The monoisotopic (exact) mass is 217 g/mol. The van der Waals surface area contributed by atoms with Crippen LogP contribution in [0.4, 0.5) is 5.82 Å². The third-order valence-electron chi connectivity index (χ3n) is 2.13. The molecule has 1 aromatic heterocycles. The summed E-state index contributed by atoms with van der Waals surface area (Å²) >= 11 is 0.